The highest BCUT2D eigenvalue weighted by atomic mass is 19.4. The molecule has 0 aliphatic carbocycles. The number of rotatable bonds is 1. The van der Waals surface area contributed by atoms with Crippen LogP contribution in [-0.4, -0.2) is 16.3 Å². The van der Waals surface area contributed by atoms with Crippen molar-refractivity contribution in [1.82, 2.24) is 9.97 Å². The molecule has 0 N–H and O–H groups in total. The molecule has 0 bridgehead atoms. The lowest BCUT2D eigenvalue weighted by Gasteiger charge is -2.20. The predicted octanol–water partition coefficient (Wildman–Crippen LogP) is 2.98. The second kappa shape index (κ2) is 3.92. The molecule has 0 spiro atoms. The van der Waals surface area contributed by atoms with Gasteiger partial charge in [0.15, 0.2) is 0 Å². The first kappa shape index (κ1) is 12.7. The van der Waals surface area contributed by atoms with E-state index < -0.39 is 12.2 Å². The Balaban J connectivity index is 3.09. The maximum atomic E-state index is 12.0. The predicted molar refractivity (Wildman–Crippen MR) is 52.2 cm³/mol. The van der Waals surface area contributed by atoms with Gasteiger partial charge < -0.3 is 4.74 Å². The molecule has 6 heteroatoms. The Morgan fingerprint density at radius 3 is 2.19 bits per heavy atom. The van der Waals surface area contributed by atoms with E-state index in [0.29, 0.717) is 11.4 Å². The lowest BCUT2D eigenvalue weighted by Crippen LogP contribution is -2.21. The second-order valence-corrected chi connectivity index (χ2v) is 4.44. The summed E-state index contributed by atoms with van der Waals surface area (Å²) in [6, 6.07) is 0. The van der Waals surface area contributed by atoms with Gasteiger partial charge in [0.05, 0.1) is 17.6 Å². The molecule has 0 aliphatic rings. The summed E-state index contributed by atoms with van der Waals surface area (Å²) >= 11 is 0. The average Bonchev–Trinajstić information content (AvgIpc) is 2.04. The van der Waals surface area contributed by atoms with Gasteiger partial charge in [0.25, 0.3) is 0 Å². The quantitative estimate of drug-likeness (QED) is 0.749. The molecule has 90 valence electrons. The molecule has 0 aromatic carbocycles. The van der Waals surface area contributed by atoms with E-state index in [1.807, 2.05) is 20.8 Å². The molecule has 0 amide bonds. The molecular weight excluding hydrogens is 221 g/mol. The normalized spacial score (nSPS) is 12.7. The van der Waals surface area contributed by atoms with Gasteiger partial charge in [-0.05, 0) is 6.92 Å². The number of aryl methyl sites for hydroxylation is 1. The smallest absolute Gasteiger partial charge is 0.386 e. The lowest BCUT2D eigenvalue weighted by molar-refractivity contribution is -0.276. The van der Waals surface area contributed by atoms with Crippen LogP contribution < -0.4 is 4.74 Å². The summed E-state index contributed by atoms with van der Waals surface area (Å²) in [4.78, 5) is 7.67. The fourth-order valence-electron chi connectivity index (χ4n) is 1.31. The Bertz CT molecular complexity index is 383. The fraction of sp³-hybridized carbons (Fsp3) is 0.600. The molecule has 1 heterocycles. The van der Waals surface area contributed by atoms with Crippen LogP contribution in [0.25, 0.3) is 0 Å². The number of hydrogen-bond donors (Lipinski definition) is 0. The van der Waals surface area contributed by atoms with E-state index in [9.17, 15) is 13.2 Å². The van der Waals surface area contributed by atoms with Crippen LogP contribution in [0.1, 0.15) is 32.2 Å². The SMILES string of the molecule is Cc1ncc(OC(F)(F)F)nc1C(C)(C)C. The van der Waals surface area contributed by atoms with Gasteiger partial charge in [-0.1, -0.05) is 20.8 Å². The van der Waals surface area contributed by atoms with Crippen molar-refractivity contribution in [1.29, 1.82) is 0 Å². The van der Waals surface area contributed by atoms with Crippen molar-refractivity contribution in [2.24, 2.45) is 0 Å². The molecule has 0 aliphatic heterocycles. The second-order valence-electron chi connectivity index (χ2n) is 4.44. The molecule has 0 saturated heterocycles. The van der Waals surface area contributed by atoms with Crippen LogP contribution in [-0.2, 0) is 5.41 Å². The minimum atomic E-state index is -4.74. The first-order valence-corrected chi connectivity index (χ1v) is 4.69. The van der Waals surface area contributed by atoms with E-state index in [1.165, 1.54) is 0 Å². The molecule has 1 aromatic rings. The standard InChI is InChI=1S/C10H13F3N2O/c1-6-8(9(2,3)4)15-7(5-14-6)16-10(11,12)13/h5H,1-4H3. The van der Waals surface area contributed by atoms with E-state index in [1.54, 1.807) is 6.92 Å². The molecule has 1 aromatic heterocycles. The van der Waals surface area contributed by atoms with E-state index in [2.05, 4.69) is 14.7 Å². The topological polar surface area (TPSA) is 35.0 Å². The molecule has 3 nitrogen and oxygen atoms in total. The fourth-order valence-corrected chi connectivity index (χ4v) is 1.31. The minimum Gasteiger partial charge on any atom is -0.386 e. The van der Waals surface area contributed by atoms with Crippen molar-refractivity contribution in [3.05, 3.63) is 17.6 Å². The van der Waals surface area contributed by atoms with E-state index in [4.69, 9.17) is 0 Å². The van der Waals surface area contributed by atoms with Crippen LogP contribution >= 0.6 is 0 Å². The summed E-state index contributed by atoms with van der Waals surface area (Å²) in [6.07, 6.45) is -3.77. The molecule has 0 saturated carbocycles. The van der Waals surface area contributed by atoms with Gasteiger partial charge in [-0.2, -0.15) is 0 Å². The zero-order valence-corrected chi connectivity index (χ0v) is 9.51. The van der Waals surface area contributed by atoms with Crippen LogP contribution in [0.4, 0.5) is 13.2 Å². The van der Waals surface area contributed by atoms with E-state index in [-0.39, 0.29) is 5.41 Å². The Kier molecular flexibility index (Phi) is 3.12. The van der Waals surface area contributed by atoms with Crippen molar-refractivity contribution >= 4 is 0 Å². The third-order valence-electron chi connectivity index (χ3n) is 1.86. The third-order valence-corrected chi connectivity index (χ3v) is 1.86. The highest BCUT2D eigenvalue weighted by Crippen LogP contribution is 2.26. The first-order chi connectivity index (χ1) is 7.09. The summed E-state index contributed by atoms with van der Waals surface area (Å²) in [7, 11) is 0. The Hall–Kier alpha value is -1.33. The van der Waals surface area contributed by atoms with Crippen molar-refractivity contribution in [2.75, 3.05) is 0 Å². The maximum absolute atomic E-state index is 12.0. The van der Waals surface area contributed by atoms with Crippen molar-refractivity contribution in [3.8, 4) is 5.88 Å². The number of alkyl halides is 3. The van der Waals surface area contributed by atoms with E-state index >= 15 is 0 Å². The molecule has 0 radical (unpaired) electrons. The van der Waals surface area contributed by atoms with Gasteiger partial charge in [0, 0.05) is 5.41 Å². The Morgan fingerprint density at radius 1 is 1.19 bits per heavy atom. The van der Waals surface area contributed by atoms with Crippen LogP contribution in [0.2, 0.25) is 0 Å². The molecule has 0 fully saturated rings. The number of hydrogen-bond acceptors (Lipinski definition) is 3. The van der Waals surface area contributed by atoms with Gasteiger partial charge in [-0.25, -0.2) is 4.98 Å². The maximum Gasteiger partial charge on any atom is 0.574 e. The number of aromatic nitrogens is 2. The summed E-state index contributed by atoms with van der Waals surface area (Å²) < 4.78 is 39.7. The van der Waals surface area contributed by atoms with Gasteiger partial charge in [-0.15, -0.1) is 13.2 Å². The zero-order valence-electron chi connectivity index (χ0n) is 9.51. The summed E-state index contributed by atoms with van der Waals surface area (Å²) in [5.41, 5.74) is 0.721. The Labute approximate surface area is 91.7 Å². The summed E-state index contributed by atoms with van der Waals surface area (Å²) in [6.45, 7) is 7.25. The van der Waals surface area contributed by atoms with Crippen molar-refractivity contribution in [2.45, 2.75) is 39.5 Å². The number of nitrogens with zero attached hydrogens (tertiary/aromatic N) is 2. The van der Waals surface area contributed by atoms with Crippen molar-refractivity contribution in [3.63, 3.8) is 0 Å². The monoisotopic (exact) mass is 234 g/mol. The minimum absolute atomic E-state index is 0.373. The van der Waals surface area contributed by atoms with Crippen LogP contribution in [0.15, 0.2) is 6.20 Å². The summed E-state index contributed by atoms with van der Waals surface area (Å²) in [5, 5.41) is 0. The van der Waals surface area contributed by atoms with Gasteiger partial charge >= 0.3 is 6.36 Å². The number of halogens is 3. The average molecular weight is 234 g/mol. The third kappa shape index (κ3) is 3.36. The lowest BCUT2D eigenvalue weighted by atomic mass is 9.90. The zero-order chi connectivity index (χ0) is 12.6. The van der Waals surface area contributed by atoms with Crippen molar-refractivity contribution < 1.29 is 17.9 Å². The molecule has 0 unspecified atom stereocenters. The van der Waals surface area contributed by atoms with Crippen LogP contribution in [0, 0.1) is 6.92 Å². The highest BCUT2D eigenvalue weighted by molar-refractivity contribution is 5.22. The first-order valence-electron chi connectivity index (χ1n) is 4.69. The van der Waals surface area contributed by atoms with Crippen LogP contribution in [0.5, 0.6) is 5.88 Å². The van der Waals surface area contributed by atoms with Gasteiger partial charge in [0.1, 0.15) is 0 Å². The largest absolute Gasteiger partial charge is 0.574 e. The number of ether oxygens (including phenoxy) is 1. The Morgan fingerprint density at radius 2 is 1.75 bits per heavy atom. The van der Waals surface area contributed by atoms with Crippen LogP contribution in [0.3, 0.4) is 0 Å². The van der Waals surface area contributed by atoms with Gasteiger partial charge in [0.2, 0.25) is 5.88 Å². The molecule has 0 atom stereocenters. The molecule has 1 rings (SSSR count). The van der Waals surface area contributed by atoms with E-state index in [0.717, 1.165) is 6.20 Å². The molecular formula is C10H13F3N2O. The highest BCUT2D eigenvalue weighted by Gasteiger charge is 2.32. The molecule has 16 heavy (non-hydrogen) atoms. The summed E-state index contributed by atoms with van der Waals surface area (Å²) in [5.74, 6) is -0.525. The van der Waals surface area contributed by atoms with Gasteiger partial charge in [-0.3, -0.25) is 4.98 Å².